The molecule has 0 aliphatic carbocycles. The first-order valence-corrected chi connectivity index (χ1v) is 17.6. The fourth-order valence-corrected chi connectivity index (χ4v) is 5.51. The molecule has 0 saturated carbocycles. The Balaban J connectivity index is 1.94. The average molecular weight is 697 g/mol. The molecule has 2 heterocycles. The van der Waals surface area contributed by atoms with Gasteiger partial charge in [0.2, 0.25) is 0 Å². The van der Waals surface area contributed by atoms with Gasteiger partial charge < -0.3 is 64.2 Å². The lowest BCUT2D eigenvalue weighted by Crippen LogP contribution is -2.61. The molecule has 2 aliphatic heterocycles. The summed E-state index contributed by atoms with van der Waals surface area (Å²) < 4.78 is 33.0. The third-order valence-corrected chi connectivity index (χ3v) is 8.59. The Morgan fingerprint density at radius 1 is 0.583 bits per heavy atom. The topological polar surface area (TPSA) is 231 Å². The summed E-state index contributed by atoms with van der Waals surface area (Å²) in [6.07, 6.45) is -4.51. The van der Waals surface area contributed by atoms with Crippen molar-refractivity contribution in [3.05, 3.63) is 0 Å². The lowest BCUT2D eigenvalue weighted by molar-refractivity contribution is -0.332. The molecule has 282 valence electrons. The highest BCUT2D eigenvalue weighted by Gasteiger charge is 2.47. The Morgan fingerprint density at radius 3 is 1.62 bits per heavy atom. The highest BCUT2D eigenvalue weighted by Crippen LogP contribution is 2.26. The monoisotopic (exact) mass is 696 g/mol. The number of hydrogen-bond acceptors (Lipinski definition) is 15. The van der Waals surface area contributed by atoms with Gasteiger partial charge in [-0.1, -0.05) is 78.1 Å². The van der Waals surface area contributed by atoms with Crippen LogP contribution in [-0.2, 0) is 38.0 Å². The van der Waals surface area contributed by atoms with Gasteiger partial charge in [0.25, 0.3) is 0 Å². The van der Waals surface area contributed by atoms with E-state index in [0.717, 1.165) is 51.4 Å². The molecular weight excluding hydrogens is 636 g/mol. The van der Waals surface area contributed by atoms with Gasteiger partial charge in [-0.3, -0.25) is 9.59 Å². The minimum Gasteiger partial charge on any atom is -0.462 e. The Bertz CT molecular complexity index is 876. The first-order chi connectivity index (χ1) is 23.0. The highest BCUT2D eigenvalue weighted by atomic mass is 16.7. The zero-order valence-electron chi connectivity index (χ0n) is 28.5. The third kappa shape index (κ3) is 14.8. The SMILES string of the molecule is CCCCCCCCCC(=O)OC[C@H](CO[C@@H]1O[C@H](CO[C@H]2O[C@H](CO)[C@H](O)[C@H](O)[C@H]2O)[C@H](O)[C@H](O)[C@H]1O)OC(=O)CCCCCCC. The molecule has 2 saturated heterocycles. The van der Waals surface area contributed by atoms with E-state index in [1.807, 2.05) is 0 Å². The highest BCUT2D eigenvalue weighted by molar-refractivity contribution is 5.70. The molecule has 48 heavy (non-hydrogen) atoms. The summed E-state index contributed by atoms with van der Waals surface area (Å²) in [7, 11) is 0. The maximum absolute atomic E-state index is 12.6. The summed E-state index contributed by atoms with van der Waals surface area (Å²) in [5, 5.41) is 71.1. The fraction of sp³-hybridized carbons (Fsp3) is 0.939. The molecule has 11 atom stereocenters. The minimum atomic E-state index is -1.75. The fourth-order valence-electron chi connectivity index (χ4n) is 5.51. The van der Waals surface area contributed by atoms with Crippen molar-refractivity contribution in [2.24, 2.45) is 0 Å². The van der Waals surface area contributed by atoms with Crippen LogP contribution in [0.3, 0.4) is 0 Å². The van der Waals surface area contributed by atoms with E-state index < -0.39 is 92.7 Å². The van der Waals surface area contributed by atoms with Crippen LogP contribution in [0.25, 0.3) is 0 Å². The summed E-state index contributed by atoms with van der Waals surface area (Å²) in [4.78, 5) is 25.0. The maximum atomic E-state index is 12.6. The van der Waals surface area contributed by atoms with Gasteiger partial charge in [-0.2, -0.15) is 0 Å². The van der Waals surface area contributed by atoms with E-state index in [2.05, 4.69) is 13.8 Å². The second kappa shape index (κ2) is 23.8. The molecule has 0 unspecified atom stereocenters. The first-order valence-electron chi connectivity index (χ1n) is 17.6. The number of rotatable bonds is 24. The molecule has 2 rings (SSSR count). The van der Waals surface area contributed by atoms with Crippen molar-refractivity contribution in [2.45, 2.75) is 171 Å². The number of esters is 2. The molecule has 0 radical (unpaired) electrons. The van der Waals surface area contributed by atoms with E-state index in [0.29, 0.717) is 12.8 Å². The summed E-state index contributed by atoms with van der Waals surface area (Å²) in [5.41, 5.74) is 0. The van der Waals surface area contributed by atoms with Gasteiger partial charge in [-0.25, -0.2) is 0 Å². The lowest BCUT2D eigenvalue weighted by Gasteiger charge is -2.42. The van der Waals surface area contributed by atoms with Crippen LogP contribution in [0.1, 0.15) is 104 Å². The van der Waals surface area contributed by atoms with Gasteiger partial charge in [-0.05, 0) is 12.8 Å². The third-order valence-electron chi connectivity index (χ3n) is 8.59. The zero-order chi connectivity index (χ0) is 35.5. The Labute approximate surface area is 283 Å². The van der Waals surface area contributed by atoms with Crippen molar-refractivity contribution < 1.29 is 73.8 Å². The molecule has 0 aromatic rings. The van der Waals surface area contributed by atoms with Crippen molar-refractivity contribution in [2.75, 3.05) is 26.4 Å². The number of hydrogen-bond donors (Lipinski definition) is 7. The molecule has 0 aromatic carbocycles. The van der Waals surface area contributed by atoms with Crippen LogP contribution < -0.4 is 0 Å². The zero-order valence-corrected chi connectivity index (χ0v) is 28.5. The van der Waals surface area contributed by atoms with E-state index in [4.69, 9.17) is 28.4 Å². The minimum absolute atomic E-state index is 0.164. The van der Waals surface area contributed by atoms with E-state index in [9.17, 15) is 45.3 Å². The molecule has 0 amide bonds. The molecule has 0 bridgehead atoms. The van der Waals surface area contributed by atoms with Crippen LogP contribution in [0, 0.1) is 0 Å². The van der Waals surface area contributed by atoms with Gasteiger partial charge in [0.1, 0.15) is 55.4 Å². The molecular formula is C33H60O15. The van der Waals surface area contributed by atoms with Crippen molar-refractivity contribution >= 4 is 11.9 Å². The number of aliphatic hydroxyl groups excluding tert-OH is 7. The summed E-state index contributed by atoms with van der Waals surface area (Å²) in [6.45, 7) is 2.37. The lowest BCUT2D eigenvalue weighted by atomic mass is 9.98. The molecule has 2 aliphatic rings. The van der Waals surface area contributed by atoms with Crippen LogP contribution >= 0.6 is 0 Å². The quantitative estimate of drug-likeness (QED) is 0.0541. The van der Waals surface area contributed by atoms with Crippen LogP contribution in [-0.4, -0.2) is 142 Å². The van der Waals surface area contributed by atoms with Gasteiger partial charge in [0.15, 0.2) is 18.7 Å². The first kappa shape index (κ1) is 42.7. The van der Waals surface area contributed by atoms with E-state index >= 15 is 0 Å². The van der Waals surface area contributed by atoms with E-state index in [1.54, 1.807) is 0 Å². The van der Waals surface area contributed by atoms with E-state index in [-0.39, 0.29) is 26.1 Å². The van der Waals surface area contributed by atoms with Gasteiger partial charge in [-0.15, -0.1) is 0 Å². The number of carbonyl (C=O) groups is 2. The van der Waals surface area contributed by atoms with Crippen LogP contribution in [0.4, 0.5) is 0 Å². The van der Waals surface area contributed by atoms with Crippen molar-refractivity contribution in [1.29, 1.82) is 0 Å². The predicted molar refractivity (Wildman–Crippen MR) is 169 cm³/mol. The molecule has 15 heteroatoms. The summed E-state index contributed by atoms with van der Waals surface area (Å²) >= 11 is 0. The Kier molecular flexibility index (Phi) is 21.2. The Hall–Kier alpha value is -1.50. The average Bonchev–Trinajstić information content (AvgIpc) is 3.07. The van der Waals surface area contributed by atoms with Crippen molar-refractivity contribution in [3.63, 3.8) is 0 Å². The molecule has 0 spiro atoms. The van der Waals surface area contributed by atoms with Crippen LogP contribution in [0.15, 0.2) is 0 Å². The van der Waals surface area contributed by atoms with Gasteiger partial charge >= 0.3 is 11.9 Å². The van der Waals surface area contributed by atoms with Crippen molar-refractivity contribution in [1.82, 2.24) is 0 Å². The number of ether oxygens (including phenoxy) is 6. The smallest absolute Gasteiger partial charge is 0.306 e. The summed E-state index contributed by atoms with van der Waals surface area (Å²) in [5.74, 6) is -0.948. The second-order valence-electron chi connectivity index (χ2n) is 12.7. The molecule has 7 N–H and O–H groups in total. The molecule has 15 nitrogen and oxygen atoms in total. The second-order valence-corrected chi connectivity index (χ2v) is 12.7. The number of unbranched alkanes of at least 4 members (excludes halogenated alkanes) is 10. The standard InChI is InChI=1S/C33H60O15/c1-3-5-7-9-10-12-13-15-24(35)43-18-21(46-25(36)16-14-11-8-6-4-2)19-44-32-31(42)29(40)27(38)23(48-32)20-45-33-30(41)28(39)26(37)22(17-34)47-33/h21-23,26-34,37-42H,3-20H2,1-2H3/t21-,22-,23-,26+,27+,28+,29+,30-,31-,32-,33+/m1/s1. The van der Waals surface area contributed by atoms with Crippen LogP contribution in [0.2, 0.25) is 0 Å². The van der Waals surface area contributed by atoms with Gasteiger partial charge in [0, 0.05) is 12.8 Å². The Morgan fingerprint density at radius 2 is 1.06 bits per heavy atom. The molecule has 0 aromatic heterocycles. The van der Waals surface area contributed by atoms with Gasteiger partial charge in [0.05, 0.1) is 19.8 Å². The van der Waals surface area contributed by atoms with Crippen molar-refractivity contribution in [3.8, 4) is 0 Å². The summed E-state index contributed by atoms with van der Waals surface area (Å²) in [6, 6.07) is 0. The number of aliphatic hydroxyl groups is 7. The predicted octanol–water partition coefficient (Wildman–Crippen LogP) is 0.583. The molecule has 2 fully saturated rings. The normalized spacial score (nSPS) is 31.4. The number of carbonyl (C=O) groups excluding carboxylic acids is 2. The maximum Gasteiger partial charge on any atom is 0.306 e. The largest absolute Gasteiger partial charge is 0.462 e. The van der Waals surface area contributed by atoms with E-state index in [1.165, 1.54) is 12.8 Å². The van der Waals surface area contributed by atoms with Crippen LogP contribution in [0.5, 0.6) is 0 Å².